The number of hydrogen-bond donors (Lipinski definition) is 2. The van der Waals surface area contributed by atoms with Gasteiger partial charge in [-0.05, 0) is 25.2 Å². The molecule has 2 N–H and O–H groups in total. The summed E-state index contributed by atoms with van der Waals surface area (Å²) in [4.78, 5) is 35.9. The van der Waals surface area contributed by atoms with Crippen LogP contribution in [0.25, 0.3) is 0 Å². The van der Waals surface area contributed by atoms with E-state index >= 15 is 0 Å². The Morgan fingerprint density at radius 1 is 1.37 bits per heavy atom. The van der Waals surface area contributed by atoms with Gasteiger partial charge in [0.25, 0.3) is 0 Å². The van der Waals surface area contributed by atoms with E-state index in [0.717, 1.165) is 12.8 Å². The van der Waals surface area contributed by atoms with Crippen molar-refractivity contribution in [3.63, 3.8) is 0 Å². The zero-order chi connectivity index (χ0) is 14.4. The van der Waals surface area contributed by atoms with Crippen molar-refractivity contribution < 1.29 is 19.5 Å². The lowest BCUT2D eigenvalue weighted by atomic mass is 10.0. The maximum Gasteiger partial charge on any atom is 0.326 e. The molecule has 0 bridgehead atoms. The molecule has 6 nitrogen and oxygen atoms in total. The van der Waals surface area contributed by atoms with Crippen LogP contribution in [0.2, 0.25) is 0 Å². The molecule has 0 aromatic heterocycles. The Balaban J connectivity index is 2.47. The highest BCUT2D eigenvalue weighted by atomic mass is 16.4. The SMILES string of the molecule is CC(C)C[C@@H](NC(=O)CN1CCCCC1=O)C(=O)O. The second-order valence-electron chi connectivity index (χ2n) is 5.36. The highest BCUT2D eigenvalue weighted by Gasteiger charge is 2.24. The van der Waals surface area contributed by atoms with Gasteiger partial charge < -0.3 is 15.3 Å². The number of piperidine rings is 1. The molecule has 108 valence electrons. The lowest BCUT2D eigenvalue weighted by Gasteiger charge is -2.26. The van der Waals surface area contributed by atoms with Gasteiger partial charge in [-0.2, -0.15) is 0 Å². The lowest BCUT2D eigenvalue weighted by Crippen LogP contribution is -2.48. The molecule has 6 heteroatoms. The molecule has 1 saturated heterocycles. The predicted molar refractivity (Wildman–Crippen MR) is 69.5 cm³/mol. The molecule has 1 rings (SSSR count). The van der Waals surface area contributed by atoms with Crippen LogP contribution in [0.1, 0.15) is 39.5 Å². The molecule has 1 fully saturated rings. The van der Waals surface area contributed by atoms with E-state index in [0.29, 0.717) is 19.4 Å². The van der Waals surface area contributed by atoms with Crippen molar-refractivity contribution >= 4 is 17.8 Å². The molecular weight excluding hydrogens is 248 g/mol. The van der Waals surface area contributed by atoms with Crippen molar-refractivity contribution in [1.29, 1.82) is 0 Å². The Morgan fingerprint density at radius 2 is 2.05 bits per heavy atom. The summed E-state index contributed by atoms with van der Waals surface area (Å²) in [5.41, 5.74) is 0. The Kier molecular flexibility index (Phi) is 5.79. The maximum atomic E-state index is 11.8. The summed E-state index contributed by atoms with van der Waals surface area (Å²) >= 11 is 0. The fourth-order valence-corrected chi connectivity index (χ4v) is 2.14. The van der Waals surface area contributed by atoms with E-state index in [4.69, 9.17) is 5.11 Å². The van der Waals surface area contributed by atoms with Crippen molar-refractivity contribution in [1.82, 2.24) is 10.2 Å². The number of amides is 2. The minimum atomic E-state index is -1.04. The summed E-state index contributed by atoms with van der Waals surface area (Å²) in [5, 5.41) is 11.5. The molecular formula is C13H22N2O4. The first-order chi connectivity index (χ1) is 8.90. The predicted octanol–water partition coefficient (Wildman–Crippen LogP) is 0.614. The molecule has 1 atom stereocenters. The number of aliphatic carboxylic acids is 1. The molecule has 0 spiro atoms. The number of nitrogens with one attached hydrogen (secondary N) is 1. The third-order valence-corrected chi connectivity index (χ3v) is 3.10. The van der Waals surface area contributed by atoms with Crippen LogP contribution < -0.4 is 5.32 Å². The topological polar surface area (TPSA) is 86.7 Å². The van der Waals surface area contributed by atoms with E-state index in [-0.39, 0.29) is 18.4 Å². The van der Waals surface area contributed by atoms with Crippen LogP contribution in [0.4, 0.5) is 0 Å². The number of nitrogens with zero attached hydrogens (tertiary/aromatic N) is 1. The standard InChI is InChI=1S/C13H22N2O4/c1-9(2)7-10(13(18)19)14-11(16)8-15-6-4-3-5-12(15)17/h9-10H,3-8H2,1-2H3,(H,14,16)(H,18,19)/t10-/m1/s1. The van der Waals surface area contributed by atoms with Crippen LogP contribution in [0, 0.1) is 5.92 Å². The highest BCUT2D eigenvalue weighted by molar-refractivity contribution is 5.88. The fraction of sp³-hybridized carbons (Fsp3) is 0.769. The molecule has 2 amide bonds. The van der Waals surface area contributed by atoms with Crippen LogP contribution in [0.5, 0.6) is 0 Å². The number of hydrogen-bond acceptors (Lipinski definition) is 3. The van der Waals surface area contributed by atoms with Crippen molar-refractivity contribution in [2.45, 2.75) is 45.6 Å². The number of likely N-dealkylation sites (tertiary alicyclic amines) is 1. The van der Waals surface area contributed by atoms with Gasteiger partial charge in [0.15, 0.2) is 0 Å². The van der Waals surface area contributed by atoms with E-state index < -0.39 is 17.9 Å². The zero-order valence-electron chi connectivity index (χ0n) is 11.5. The summed E-state index contributed by atoms with van der Waals surface area (Å²) < 4.78 is 0. The first-order valence-corrected chi connectivity index (χ1v) is 6.70. The van der Waals surface area contributed by atoms with Crippen molar-refractivity contribution in [3.8, 4) is 0 Å². The highest BCUT2D eigenvalue weighted by Crippen LogP contribution is 2.10. The summed E-state index contributed by atoms with van der Waals surface area (Å²) in [6.07, 6.45) is 2.62. The van der Waals surface area contributed by atoms with E-state index in [1.807, 2.05) is 13.8 Å². The molecule has 0 aromatic carbocycles. The van der Waals surface area contributed by atoms with Crippen LogP contribution in [0.15, 0.2) is 0 Å². The Bertz CT molecular complexity index is 355. The molecule has 1 aliphatic rings. The zero-order valence-corrected chi connectivity index (χ0v) is 11.5. The number of carboxylic acid groups (broad SMARTS) is 1. The van der Waals surface area contributed by atoms with Crippen molar-refractivity contribution in [3.05, 3.63) is 0 Å². The first kappa shape index (κ1) is 15.5. The van der Waals surface area contributed by atoms with Crippen LogP contribution in [-0.4, -0.2) is 46.9 Å². The average molecular weight is 270 g/mol. The molecule has 0 aliphatic carbocycles. The van der Waals surface area contributed by atoms with E-state index in [1.165, 1.54) is 4.90 Å². The minimum absolute atomic E-state index is 0.0304. The van der Waals surface area contributed by atoms with Crippen LogP contribution >= 0.6 is 0 Å². The normalized spacial score (nSPS) is 17.4. The lowest BCUT2D eigenvalue weighted by molar-refractivity contribution is -0.143. The van der Waals surface area contributed by atoms with E-state index in [1.54, 1.807) is 0 Å². The van der Waals surface area contributed by atoms with Crippen molar-refractivity contribution in [2.75, 3.05) is 13.1 Å². The second-order valence-corrected chi connectivity index (χ2v) is 5.36. The van der Waals surface area contributed by atoms with Crippen LogP contribution in [-0.2, 0) is 14.4 Å². The van der Waals surface area contributed by atoms with E-state index in [2.05, 4.69) is 5.32 Å². The number of carbonyl (C=O) groups excluding carboxylic acids is 2. The van der Waals surface area contributed by atoms with Gasteiger partial charge in [-0.15, -0.1) is 0 Å². The fourth-order valence-electron chi connectivity index (χ4n) is 2.14. The smallest absolute Gasteiger partial charge is 0.326 e. The summed E-state index contributed by atoms with van der Waals surface area (Å²) in [6.45, 7) is 4.33. The molecule has 0 saturated carbocycles. The molecule has 0 aromatic rings. The monoisotopic (exact) mass is 270 g/mol. The molecule has 0 radical (unpaired) electrons. The molecule has 1 heterocycles. The van der Waals surface area contributed by atoms with Gasteiger partial charge in [-0.1, -0.05) is 13.8 Å². The Hall–Kier alpha value is -1.59. The van der Waals surface area contributed by atoms with Crippen molar-refractivity contribution in [2.24, 2.45) is 5.92 Å². The Labute approximate surface area is 113 Å². The first-order valence-electron chi connectivity index (χ1n) is 6.70. The molecule has 1 aliphatic heterocycles. The third-order valence-electron chi connectivity index (χ3n) is 3.10. The summed E-state index contributed by atoms with van der Waals surface area (Å²) in [7, 11) is 0. The minimum Gasteiger partial charge on any atom is -0.480 e. The van der Waals surface area contributed by atoms with Gasteiger partial charge in [-0.25, -0.2) is 4.79 Å². The second kappa shape index (κ2) is 7.11. The summed E-state index contributed by atoms with van der Waals surface area (Å²) in [5.74, 6) is -1.29. The largest absolute Gasteiger partial charge is 0.480 e. The van der Waals surface area contributed by atoms with Gasteiger partial charge in [0, 0.05) is 13.0 Å². The van der Waals surface area contributed by atoms with Gasteiger partial charge in [0.2, 0.25) is 11.8 Å². The maximum absolute atomic E-state index is 11.8. The van der Waals surface area contributed by atoms with E-state index in [9.17, 15) is 14.4 Å². The van der Waals surface area contributed by atoms with Gasteiger partial charge >= 0.3 is 5.97 Å². The van der Waals surface area contributed by atoms with Gasteiger partial charge in [-0.3, -0.25) is 9.59 Å². The van der Waals surface area contributed by atoms with Gasteiger partial charge in [0.05, 0.1) is 6.54 Å². The number of rotatable bonds is 6. The number of carboxylic acids is 1. The summed E-state index contributed by atoms with van der Waals surface area (Å²) in [6, 6.07) is -0.882. The van der Waals surface area contributed by atoms with Crippen LogP contribution in [0.3, 0.4) is 0 Å². The molecule has 0 unspecified atom stereocenters. The Morgan fingerprint density at radius 3 is 2.58 bits per heavy atom. The third kappa shape index (κ3) is 5.28. The average Bonchev–Trinajstić information content (AvgIpc) is 2.30. The quantitative estimate of drug-likeness (QED) is 0.740. The number of carbonyl (C=O) groups is 3. The van der Waals surface area contributed by atoms with Gasteiger partial charge in [0.1, 0.15) is 6.04 Å². The molecule has 19 heavy (non-hydrogen) atoms.